The smallest absolute Gasteiger partial charge is 0.258 e. The molecule has 0 aliphatic rings. The van der Waals surface area contributed by atoms with Crippen LogP contribution in [0.3, 0.4) is 0 Å². The summed E-state index contributed by atoms with van der Waals surface area (Å²) < 4.78 is 14.0. The van der Waals surface area contributed by atoms with Crippen LogP contribution in [0, 0.1) is 5.82 Å². The van der Waals surface area contributed by atoms with Crippen molar-refractivity contribution in [2.75, 3.05) is 0 Å². The van der Waals surface area contributed by atoms with Crippen molar-refractivity contribution in [1.82, 2.24) is 9.97 Å². The van der Waals surface area contributed by atoms with Crippen LogP contribution in [0.4, 0.5) is 4.39 Å². The minimum Gasteiger partial charge on any atom is -0.310 e. The summed E-state index contributed by atoms with van der Waals surface area (Å²) in [5.74, 6) is 0.00824. The van der Waals surface area contributed by atoms with Gasteiger partial charge in [0.15, 0.2) is 5.82 Å². The van der Waals surface area contributed by atoms with Gasteiger partial charge in [-0.1, -0.05) is 22.9 Å². The van der Waals surface area contributed by atoms with Crippen LogP contribution in [0.5, 0.6) is 0 Å². The standard InChI is InChI=1S/C10H8BrFN2O/c1-2-8-13-9-6(10(15)14-8)3-5(11)4-7(9)12/h3-4H,2H2,1H3,(H,13,14,15). The molecule has 15 heavy (non-hydrogen) atoms. The molecule has 0 aliphatic carbocycles. The topological polar surface area (TPSA) is 45.8 Å². The highest BCUT2D eigenvalue weighted by Crippen LogP contribution is 2.19. The van der Waals surface area contributed by atoms with Crippen LogP contribution in [-0.4, -0.2) is 9.97 Å². The van der Waals surface area contributed by atoms with Gasteiger partial charge >= 0.3 is 0 Å². The van der Waals surface area contributed by atoms with Crippen LogP contribution in [0.2, 0.25) is 0 Å². The lowest BCUT2D eigenvalue weighted by Crippen LogP contribution is -2.12. The number of hydrogen-bond donors (Lipinski definition) is 1. The molecular weight excluding hydrogens is 263 g/mol. The molecule has 78 valence electrons. The number of aromatic nitrogens is 2. The van der Waals surface area contributed by atoms with Crippen LogP contribution >= 0.6 is 15.9 Å². The Balaban J connectivity index is 2.91. The normalized spacial score (nSPS) is 10.9. The highest BCUT2D eigenvalue weighted by Gasteiger charge is 2.08. The Kier molecular flexibility index (Phi) is 2.56. The number of nitrogens with one attached hydrogen (secondary N) is 1. The predicted molar refractivity (Wildman–Crippen MR) is 59.4 cm³/mol. The number of fused-ring (bicyclic) bond motifs is 1. The maximum atomic E-state index is 13.5. The van der Waals surface area contributed by atoms with Gasteiger partial charge in [-0.2, -0.15) is 0 Å². The first-order chi connectivity index (χ1) is 7.11. The molecule has 0 radical (unpaired) electrons. The van der Waals surface area contributed by atoms with E-state index in [2.05, 4.69) is 25.9 Å². The monoisotopic (exact) mass is 270 g/mol. The zero-order valence-corrected chi connectivity index (χ0v) is 9.56. The van der Waals surface area contributed by atoms with Crippen molar-refractivity contribution in [3.63, 3.8) is 0 Å². The third kappa shape index (κ3) is 1.79. The lowest BCUT2D eigenvalue weighted by atomic mass is 10.2. The summed E-state index contributed by atoms with van der Waals surface area (Å²) in [6.45, 7) is 1.85. The minimum atomic E-state index is -0.486. The quantitative estimate of drug-likeness (QED) is 0.865. The molecule has 3 nitrogen and oxygen atoms in total. The number of rotatable bonds is 1. The lowest BCUT2D eigenvalue weighted by Gasteiger charge is -2.02. The summed E-state index contributed by atoms with van der Waals surface area (Å²) in [7, 11) is 0. The van der Waals surface area contributed by atoms with E-state index in [4.69, 9.17) is 0 Å². The number of halogens is 2. The molecule has 1 aromatic carbocycles. The predicted octanol–water partition coefficient (Wildman–Crippen LogP) is 2.39. The lowest BCUT2D eigenvalue weighted by molar-refractivity contribution is 0.634. The zero-order chi connectivity index (χ0) is 11.0. The SMILES string of the molecule is CCc1nc2c(F)cc(Br)cc2c(=O)[nH]1. The molecule has 1 aromatic heterocycles. The summed E-state index contributed by atoms with van der Waals surface area (Å²) in [6.07, 6.45) is 0.570. The Morgan fingerprint density at radius 3 is 2.93 bits per heavy atom. The molecule has 0 spiro atoms. The molecule has 0 amide bonds. The van der Waals surface area contributed by atoms with Gasteiger partial charge in [0.1, 0.15) is 11.3 Å². The first kappa shape index (κ1) is 10.3. The summed E-state index contributed by atoms with van der Waals surface area (Å²) in [5.41, 5.74) is -0.184. The van der Waals surface area contributed by atoms with Crippen LogP contribution in [0.25, 0.3) is 10.9 Å². The van der Waals surface area contributed by atoms with Gasteiger partial charge in [0.2, 0.25) is 0 Å². The third-order valence-corrected chi connectivity index (χ3v) is 2.57. The molecule has 0 saturated heterocycles. The maximum absolute atomic E-state index is 13.5. The van der Waals surface area contributed by atoms with Gasteiger partial charge in [-0.3, -0.25) is 4.79 Å². The van der Waals surface area contributed by atoms with E-state index >= 15 is 0 Å². The molecule has 0 atom stereocenters. The van der Waals surface area contributed by atoms with Crippen LogP contribution in [0.1, 0.15) is 12.7 Å². The Morgan fingerprint density at radius 1 is 1.53 bits per heavy atom. The maximum Gasteiger partial charge on any atom is 0.258 e. The van der Waals surface area contributed by atoms with E-state index < -0.39 is 5.82 Å². The second-order valence-electron chi connectivity index (χ2n) is 3.15. The second kappa shape index (κ2) is 3.73. The van der Waals surface area contributed by atoms with Gasteiger partial charge in [-0.15, -0.1) is 0 Å². The molecule has 0 fully saturated rings. The molecule has 0 saturated carbocycles. The van der Waals surface area contributed by atoms with Gasteiger partial charge in [0.05, 0.1) is 5.39 Å². The number of nitrogens with zero attached hydrogens (tertiary/aromatic N) is 1. The number of H-pyrrole nitrogens is 1. The summed E-state index contributed by atoms with van der Waals surface area (Å²) >= 11 is 3.13. The molecule has 2 rings (SSSR count). The van der Waals surface area contributed by atoms with Crippen molar-refractivity contribution in [1.29, 1.82) is 0 Å². The van der Waals surface area contributed by atoms with Crippen LogP contribution in [0.15, 0.2) is 21.4 Å². The fourth-order valence-electron chi connectivity index (χ4n) is 1.38. The van der Waals surface area contributed by atoms with E-state index in [9.17, 15) is 9.18 Å². The van der Waals surface area contributed by atoms with E-state index in [1.807, 2.05) is 6.92 Å². The molecular formula is C10H8BrFN2O. The van der Waals surface area contributed by atoms with Crippen LogP contribution < -0.4 is 5.56 Å². The molecule has 2 aromatic rings. The molecule has 0 unspecified atom stereocenters. The molecule has 0 bridgehead atoms. The largest absolute Gasteiger partial charge is 0.310 e. The van der Waals surface area contributed by atoms with Crippen molar-refractivity contribution in [3.8, 4) is 0 Å². The number of hydrogen-bond acceptors (Lipinski definition) is 2. The molecule has 0 aliphatic heterocycles. The van der Waals surface area contributed by atoms with E-state index in [-0.39, 0.29) is 16.5 Å². The second-order valence-corrected chi connectivity index (χ2v) is 4.07. The van der Waals surface area contributed by atoms with Crippen LogP contribution in [-0.2, 0) is 6.42 Å². The number of aryl methyl sites for hydroxylation is 1. The van der Waals surface area contributed by atoms with E-state index in [1.165, 1.54) is 6.07 Å². The van der Waals surface area contributed by atoms with Crippen molar-refractivity contribution in [2.24, 2.45) is 0 Å². The van der Waals surface area contributed by atoms with E-state index in [0.717, 1.165) is 0 Å². The summed E-state index contributed by atoms with van der Waals surface area (Å²) in [6, 6.07) is 2.86. The average molecular weight is 271 g/mol. The Labute approximate surface area is 93.5 Å². The average Bonchev–Trinajstić information content (AvgIpc) is 2.19. The van der Waals surface area contributed by atoms with E-state index in [1.54, 1.807) is 6.07 Å². The van der Waals surface area contributed by atoms with Crippen molar-refractivity contribution in [3.05, 3.63) is 38.6 Å². The van der Waals surface area contributed by atoms with Crippen molar-refractivity contribution >= 4 is 26.8 Å². The third-order valence-electron chi connectivity index (χ3n) is 2.11. The van der Waals surface area contributed by atoms with Gasteiger partial charge in [-0.25, -0.2) is 9.37 Å². The minimum absolute atomic E-state index is 0.124. The van der Waals surface area contributed by atoms with Gasteiger partial charge < -0.3 is 4.98 Å². The van der Waals surface area contributed by atoms with Gasteiger partial charge in [-0.05, 0) is 12.1 Å². The van der Waals surface area contributed by atoms with Gasteiger partial charge in [0.25, 0.3) is 5.56 Å². The Bertz CT molecular complexity index is 579. The molecule has 5 heteroatoms. The van der Waals surface area contributed by atoms with E-state index in [0.29, 0.717) is 16.7 Å². The fraction of sp³-hybridized carbons (Fsp3) is 0.200. The van der Waals surface area contributed by atoms with Gasteiger partial charge in [0, 0.05) is 10.9 Å². The summed E-state index contributed by atoms with van der Waals surface area (Å²) in [5, 5.41) is 0.263. The summed E-state index contributed by atoms with van der Waals surface area (Å²) in [4.78, 5) is 18.2. The number of benzene rings is 1. The highest BCUT2D eigenvalue weighted by atomic mass is 79.9. The van der Waals surface area contributed by atoms with Crippen molar-refractivity contribution in [2.45, 2.75) is 13.3 Å². The molecule has 1 N–H and O–H groups in total. The Hall–Kier alpha value is -1.23. The molecule has 1 heterocycles. The first-order valence-corrected chi connectivity index (χ1v) is 5.29. The highest BCUT2D eigenvalue weighted by molar-refractivity contribution is 9.10. The Morgan fingerprint density at radius 2 is 2.27 bits per heavy atom. The fourth-order valence-corrected chi connectivity index (χ4v) is 1.81. The van der Waals surface area contributed by atoms with Crippen molar-refractivity contribution < 1.29 is 4.39 Å². The first-order valence-electron chi connectivity index (χ1n) is 4.49. The number of aromatic amines is 1. The zero-order valence-electron chi connectivity index (χ0n) is 7.97.